The molecule has 0 amide bonds. The fourth-order valence-electron chi connectivity index (χ4n) is 2.66. The average molecular weight is 263 g/mol. The van der Waals surface area contributed by atoms with Gasteiger partial charge in [-0.25, -0.2) is 4.98 Å². The van der Waals surface area contributed by atoms with Gasteiger partial charge in [-0.2, -0.15) is 0 Å². The predicted octanol–water partition coefficient (Wildman–Crippen LogP) is 2.25. The Morgan fingerprint density at radius 3 is 3.16 bits per heavy atom. The molecule has 0 spiro atoms. The summed E-state index contributed by atoms with van der Waals surface area (Å²) in [5.74, 6) is 0.992. The minimum atomic E-state index is 0.262. The van der Waals surface area contributed by atoms with Gasteiger partial charge in [0.05, 0.1) is 6.61 Å². The number of rotatable bonds is 6. The zero-order valence-corrected chi connectivity index (χ0v) is 11.8. The van der Waals surface area contributed by atoms with Gasteiger partial charge in [0.15, 0.2) is 0 Å². The number of aliphatic hydroxyl groups is 1. The summed E-state index contributed by atoms with van der Waals surface area (Å²) in [6, 6.07) is 4.44. The number of nitrogens with zero attached hydrogens (tertiary/aromatic N) is 2. The number of nitrogens with one attached hydrogen (secondary N) is 1. The van der Waals surface area contributed by atoms with Gasteiger partial charge in [0.1, 0.15) is 5.82 Å². The first-order chi connectivity index (χ1) is 9.35. The van der Waals surface area contributed by atoms with Gasteiger partial charge in [0, 0.05) is 30.9 Å². The monoisotopic (exact) mass is 263 g/mol. The van der Waals surface area contributed by atoms with E-state index in [1.807, 2.05) is 12.3 Å². The Morgan fingerprint density at radius 1 is 1.47 bits per heavy atom. The molecule has 1 aromatic rings. The smallest absolute Gasteiger partial charge is 0.130 e. The molecule has 2 N–H and O–H groups in total. The highest BCUT2D eigenvalue weighted by atomic mass is 16.3. The van der Waals surface area contributed by atoms with Crippen molar-refractivity contribution in [2.24, 2.45) is 0 Å². The van der Waals surface area contributed by atoms with Crippen LogP contribution in [0.25, 0.3) is 0 Å². The first-order valence-corrected chi connectivity index (χ1v) is 7.37. The number of hydrogen-bond donors (Lipinski definition) is 2. The van der Waals surface area contributed by atoms with Gasteiger partial charge in [-0.1, -0.05) is 19.4 Å². The molecule has 1 unspecified atom stereocenters. The van der Waals surface area contributed by atoms with E-state index in [4.69, 9.17) is 0 Å². The van der Waals surface area contributed by atoms with Crippen LogP contribution < -0.4 is 5.32 Å². The zero-order chi connectivity index (χ0) is 13.5. The van der Waals surface area contributed by atoms with Crippen LogP contribution in [-0.4, -0.2) is 40.7 Å². The van der Waals surface area contributed by atoms with Gasteiger partial charge in [-0.05, 0) is 31.9 Å². The highest BCUT2D eigenvalue weighted by Crippen LogP contribution is 2.21. The summed E-state index contributed by atoms with van der Waals surface area (Å²) in [5.41, 5.74) is 1.23. The second-order valence-electron chi connectivity index (χ2n) is 5.24. The molecule has 0 radical (unpaired) electrons. The van der Waals surface area contributed by atoms with E-state index in [0.29, 0.717) is 6.04 Å². The van der Waals surface area contributed by atoms with Crippen molar-refractivity contribution in [3.05, 3.63) is 23.9 Å². The normalized spacial score (nSPS) is 20.4. The van der Waals surface area contributed by atoms with E-state index in [0.717, 1.165) is 38.3 Å². The average Bonchev–Trinajstić information content (AvgIpc) is 2.47. The summed E-state index contributed by atoms with van der Waals surface area (Å²) >= 11 is 0. The van der Waals surface area contributed by atoms with Crippen LogP contribution in [0.4, 0.5) is 5.82 Å². The van der Waals surface area contributed by atoms with Crippen LogP contribution in [0.3, 0.4) is 0 Å². The Balaban J connectivity index is 2.04. The molecular formula is C15H25N3O. The van der Waals surface area contributed by atoms with E-state index in [9.17, 15) is 5.11 Å². The van der Waals surface area contributed by atoms with E-state index in [-0.39, 0.29) is 6.61 Å². The lowest BCUT2D eigenvalue weighted by Gasteiger charge is -2.34. The molecule has 1 saturated heterocycles. The summed E-state index contributed by atoms with van der Waals surface area (Å²) < 4.78 is 0. The van der Waals surface area contributed by atoms with Crippen molar-refractivity contribution in [1.29, 1.82) is 0 Å². The molecule has 0 aliphatic carbocycles. The van der Waals surface area contributed by atoms with Gasteiger partial charge in [-0.15, -0.1) is 0 Å². The Kier molecular flexibility index (Phi) is 5.61. The highest BCUT2D eigenvalue weighted by molar-refractivity contribution is 5.43. The highest BCUT2D eigenvalue weighted by Gasteiger charge is 2.22. The van der Waals surface area contributed by atoms with Crippen molar-refractivity contribution in [3.8, 4) is 0 Å². The Hall–Kier alpha value is -1.13. The van der Waals surface area contributed by atoms with Crippen LogP contribution in [0.1, 0.15) is 38.2 Å². The SMILES string of the molecule is CCCNc1ncccc1CN1CCCCC1CO. The Morgan fingerprint density at radius 2 is 2.37 bits per heavy atom. The van der Waals surface area contributed by atoms with Crippen LogP contribution in [0, 0.1) is 0 Å². The van der Waals surface area contributed by atoms with E-state index < -0.39 is 0 Å². The van der Waals surface area contributed by atoms with E-state index in [1.54, 1.807) is 0 Å². The lowest BCUT2D eigenvalue weighted by Crippen LogP contribution is -2.41. The van der Waals surface area contributed by atoms with Crippen LogP contribution in [-0.2, 0) is 6.54 Å². The molecule has 106 valence electrons. The molecule has 1 aromatic heterocycles. The van der Waals surface area contributed by atoms with Crippen LogP contribution in [0.2, 0.25) is 0 Å². The predicted molar refractivity (Wildman–Crippen MR) is 78.2 cm³/mol. The van der Waals surface area contributed by atoms with E-state index in [2.05, 4.69) is 28.2 Å². The van der Waals surface area contributed by atoms with E-state index in [1.165, 1.54) is 18.4 Å². The number of hydrogen-bond acceptors (Lipinski definition) is 4. The van der Waals surface area contributed by atoms with Gasteiger partial charge < -0.3 is 10.4 Å². The molecule has 2 heterocycles. The first-order valence-electron chi connectivity index (χ1n) is 7.37. The molecule has 1 fully saturated rings. The number of pyridine rings is 1. The third-order valence-electron chi connectivity index (χ3n) is 3.77. The van der Waals surface area contributed by atoms with Crippen LogP contribution in [0.5, 0.6) is 0 Å². The van der Waals surface area contributed by atoms with Crippen molar-refractivity contribution in [2.75, 3.05) is 25.0 Å². The summed E-state index contributed by atoms with van der Waals surface area (Å²) in [7, 11) is 0. The largest absolute Gasteiger partial charge is 0.395 e. The topological polar surface area (TPSA) is 48.4 Å². The molecule has 19 heavy (non-hydrogen) atoms. The quantitative estimate of drug-likeness (QED) is 0.826. The Labute approximate surface area is 115 Å². The third kappa shape index (κ3) is 3.91. The van der Waals surface area contributed by atoms with Crippen molar-refractivity contribution < 1.29 is 5.11 Å². The molecule has 1 atom stereocenters. The van der Waals surface area contributed by atoms with Crippen molar-refractivity contribution in [3.63, 3.8) is 0 Å². The first kappa shape index (κ1) is 14.3. The number of aliphatic hydroxyl groups excluding tert-OH is 1. The molecule has 0 aromatic carbocycles. The summed E-state index contributed by atoms with van der Waals surface area (Å²) in [4.78, 5) is 6.82. The fraction of sp³-hybridized carbons (Fsp3) is 0.667. The van der Waals surface area contributed by atoms with Crippen LogP contribution in [0.15, 0.2) is 18.3 Å². The van der Waals surface area contributed by atoms with Crippen molar-refractivity contribution >= 4 is 5.82 Å². The summed E-state index contributed by atoms with van der Waals surface area (Å²) in [6.45, 7) is 5.33. The minimum Gasteiger partial charge on any atom is -0.395 e. The van der Waals surface area contributed by atoms with Gasteiger partial charge in [-0.3, -0.25) is 4.90 Å². The maximum atomic E-state index is 9.48. The van der Waals surface area contributed by atoms with Gasteiger partial charge >= 0.3 is 0 Å². The summed E-state index contributed by atoms with van der Waals surface area (Å²) in [6.07, 6.45) is 6.50. The molecule has 4 heteroatoms. The van der Waals surface area contributed by atoms with Gasteiger partial charge in [0.25, 0.3) is 0 Å². The molecule has 0 saturated carbocycles. The number of piperidine rings is 1. The third-order valence-corrected chi connectivity index (χ3v) is 3.77. The number of anilines is 1. The molecule has 2 rings (SSSR count). The molecule has 1 aliphatic heterocycles. The number of likely N-dealkylation sites (tertiary alicyclic amines) is 1. The fourth-order valence-corrected chi connectivity index (χ4v) is 2.66. The summed E-state index contributed by atoms with van der Waals surface area (Å²) in [5, 5.41) is 12.9. The van der Waals surface area contributed by atoms with Crippen LogP contribution >= 0.6 is 0 Å². The van der Waals surface area contributed by atoms with Crippen molar-refractivity contribution in [1.82, 2.24) is 9.88 Å². The van der Waals surface area contributed by atoms with Gasteiger partial charge in [0.2, 0.25) is 0 Å². The van der Waals surface area contributed by atoms with E-state index >= 15 is 0 Å². The standard InChI is InChI=1S/C15H25N3O/c1-2-8-16-15-13(6-5-9-17-15)11-18-10-4-3-7-14(18)12-19/h5-6,9,14,19H,2-4,7-8,10-12H2,1H3,(H,16,17). The lowest BCUT2D eigenvalue weighted by atomic mass is 10.0. The molecule has 4 nitrogen and oxygen atoms in total. The molecule has 1 aliphatic rings. The minimum absolute atomic E-state index is 0.262. The lowest BCUT2D eigenvalue weighted by molar-refractivity contribution is 0.0842. The second kappa shape index (κ2) is 7.46. The molecular weight excluding hydrogens is 238 g/mol. The second-order valence-corrected chi connectivity index (χ2v) is 5.24. The Bertz CT molecular complexity index is 383. The van der Waals surface area contributed by atoms with Crippen molar-refractivity contribution in [2.45, 2.75) is 45.2 Å². The maximum Gasteiger partial charge on any atom is 0.130 e. The maximum absolute atomic E-state index is 9.48. The number of aromatic nitrogens is 1. The molecule has 0 bridgehead atoms. The zero-order valence-electron chi connectivity index (χ0n) is 11.8.